The van der Waals surface area contributed by atoms with Gasteiger partial charge in [-0.15, -0.1) is 10.2 Å². The Hall–Kier alpha value is -4.73. The van der Waals surface area contributed by atoms with Gasteiger partial charge in [-0.2, -0.15) is 14.7 Å². The van der Waals surface area contributed by atoms with Crippen LogP contribution in [0.1, 0.15) is 10.5 Å². The minimum absolute atomic E-state index is 0.116. The van der Waals surface area contributed by atoms with Crippen LogP contribution in [-0.4, -0.2) is 40.9 Å². The molecule has 10 heteroatoms. The van der Waals surface area contributed by atoms with Crippen LogP contribution < -0.4 is 10.9 Å². The van der Waals surface area contributed by atoms with Crippen LogP contribution in [0.25, 0.3) is 28.4 Å². The lowest BCUT2D eigenvalue weighted by Gasteiger charge is -2.06. The molecule has 0 aliphatic heterocycles. The third kappa shape index (κ3) is 3.65. The van der Waals surface area contributed by atoms with Gasteiger partial charge in [0.25, 0.3) is 11.5 Å². The van der Waals surface area contributed by atoms with Crippen LogP contribution in [0, 0.1) is 0 Å². The molecule has 0 bridgehead atoms. The Morgan fingerprint density at radius 3 is 2.52 bits per heavy atom. The Kier molecular flexibility index (Phi) is 4.49. The summed E-state index contributed by atoms with van der Waals surface area (Å²) in [5, 5.41) is 21.7. The van der Waals surface area contributed by atoms with E-state index >= 15 is 0 Å². The second-order valence-corrected chi connectivity index (χ2v) is 6.57. The zero-order valence-corrected chi connectivity index (χ0v) is 15.9. The zero-order valence-electron chi connectivity index (χ0n) is 15.9. The van der Waals surface area contributed by atoms with E-state index in [9.17, 15) is 9.59 Å². The van der Waals surface area contributed by atoms with Crippen LogP contribution >= 0.6 is 0 Å². The predicted octanol–water partition coefficient (Wildman–Crippen LogP) is 2.19. The van der Waals surface area contributed by atoms with Gasteiger partial charge >= 0.3 is 0 Å². The van der Waals surface area contributed by atoms with Crippen molar-refractivity contribution >= 4 is 17.2 Å². The molecule has 150 valence electrons. The predicted molar refractivity (Wildman–Crippen MR) is 112 cm³/mol. The topological polar surface area (TPSA) is 131 Å². The van der Waals surface area contributed by atoms with Gasteiger partial charge in [0.1, 0.15) is 11.4 Å². The second kappa shape index (κ2) is 7.59. The number of H-pyrrole nitrogens is 1. The Morgan fingerprint density at radius 2 is 1.77 bits per heavy atom. The molecule has 0 fully saturated rings. The quantitative estimate of drug-likeness (QED) is 0.464. The summed E-state index contributed by atoms with van der Waals surface area (Å²) in [7, 11) is 0. The van der Waals surface area contributed by atoms with Crippen molar-refractivity contribution < 1.29 is 4.79 Å². The number of amides is 1. The molecule has 1 amide bonds. The standard InChI is InChI=1S/C21H14N8O2/c30-19-11-9-17(24-26-19)21(31)23-14-6-4-13(5-7-14)15-8-10-18-25-27-20(29(18)28-15)16-3-1-2-12-22-16/h1-12H,(H,23,31)(H,26,30). The van der Waals surface area contributed by atoms with E-state index in [4.69, 9.17) is 0 Å². The molecule has 0 saturated heterocycles. The minimum atomic E-state index is -0.423. The average Bonchev–Trinajstić information content (AvgIpc) is 3.24. The van der Waals surface area contributed by atoms with E-state index in [1.807, 2.05) is 42.5 Å². The maximum Gasteiger partial charge on any atom is 0.276 e. The molecule has 0 atom stereocenters. The van der Waals surface area contributed by atoms with Crippen molar-refractivity contribution in [2.24, 2.45) is 0 Å². The van der Waals surface area contributed by atoms with E-state index in [0.29, 0.717) is 28.5 Å². The van der Waals surface area contributed by atoms with E-state index in [0.717, 1.165) is 5.56 Å². The Bertz CT molecular complexity index is 1420. The van der Waals surface area contributed by atoms with Crippen molar-refractivity contribution in [1.29, 1.82) is 0 Å². The van der Waals surface area contributed by atoms with E-state index in [-0.39, 0.29) is 11.3 Å². The summed E-state index contributed by atoms with van der Waals surface area (Å²) < 4.78 is 1.65. The molecule has 0 aliphatic rings. The number of nitrogens with zero attached hydrogens (tertiary/aromatic N) is 6. The van der Waals surface area contributed by atoms with Gasteiger partial charge in [-0.3, -0.25) is 14.6 Å². The highest BCUT2D eigenvalue weighted by Gasteiger charge is 2.12. The molecule has 5 aromatic rings. The minimum Gasteiger partial charge on any atom is -0.321 e. The summed E-state index contributed by atoms with van der Waals surface area (Å²) in [6.07, 6.45) is 1.69. The molecule has 0 radical (unpaired) electrons. The highest BCUT2D eigenvalue weighted by Crippen LogP contribution is 2.22. The van der Waals surface area contributed by atoms with Gasteiger partial charge in [-0.05, 0) is 42.5 Å². The SMILES string of the molecule is O=C(Nc1ccc(-c2ccc3nnc(-c4ccccn4)n3n2)cc1)c1ccc(=O)[nH]n1. The van der Waals surface area contributed by atoms with E-state index < -0.39 is 5.91 Å². The Balaban J connectivity index is 1.41. The molecular weight excluding hydrogens is 396 g/mol. The first-order valence-electron chi connectivity index (χ1n) is 9.29. The average molecular weight is 410 g/mol. The molecule has 0 saturated carbocycles. The maximum atomic E-state index is 12.2. The van der Waals surface area contributed by atoms with Crippen LogP contribution in [0.4, 0.5) is 5.69 Å². The smallest absolute Gasteiger partial charge is 0.276 e. The number of carbonyl (C=O) groups excluding carboxylic acids is 1. The first-order valence-corrected chi connectivity index (χ1v) is 9.29. The number of hydrogen-bond acceptors (Lipinski definition) is 7. The number of rotatable bonds is 4. The van der Waals surface area contributed by atoms with Crippen LogP contribution in [0.15, 0.2) is 77.7 Å². The fraction of sp³-hybridized carbons (Fsp3) is 0. The van der Waals surface area contributed by atoms with Gasteiger partial charge in [0.2, 0.25) is 5.82 Å². The molecule has 4 aromatic heterocycles. The molecule has 31 heavy (non-hydrogen) atoms. The normalized spacial score (nSPS) is 10.8. The fourth-order valence-corrected chi connectivity index (χ4v) is 2.99. The molecule has 4 heterocycles. The number of anilines is 1. The number of pyridine rings is 1. The second-order valence-electron chi connectivity index (χ2n) is 6.57. The number of nitrogens with one attached hydrogen (secondary N) is 2. The van der Waals surface area contributed by atoms with Crippen molar-refractivity contribution in [2.45, 2.75) is 0 Å². The highest BCUT2D eigenvalue weighted by atomic mass is 16.2. The van der Waals surface area contributed by atoms with Gasteiger partial charge in [0.05, 0.1) is 5.69 Å². The Morgan fingerprint density at radius 1 is 0.903 bits per heavy atom. The van der Waals surface area contributed by atoms with Crippen molar-refractivity contribution in [1.82, 2.24) is 35.0 Å². The summed E-state index contributed by atoms with van der Waals surface area (Å²) in [5.41, 5.74) is 3.18. The highest BCUT2D eigenvalue weighted by molar-refractivity contribution is 6.02. The lowest BCUT2D eigenvalue weighted by molar-refractivity contribution is 0.102. The largest absolute Gasteiger partial charge is 0.321 e. The van der Waals surface area contributed by atoms with Gasteiger partial charge < -0.3 is 5.32 Å². The molecule has 1 aromatic carbocycles. The van der Waals surface area contributed by atoms with Crippen molar-refractivity contribution in [2.75, 3.05) is 5.32 Å². The van der Waals surface area contributed by atoms with Crippen molar-refractivity contribution in [3.63, 3.8) is 0 Å². The first kappa shape index (κ1) is 18.3. The van der Waals surface area contributed by atoms with E-state index in [1.54, 1.807) is 22.8 Å². The fourth-order valence-electron chi connectivity index (χ4n) is 2.99. The molecule has 2 N–H and O–H groups in total. The number of fused-ring (bicyclic) bond motifs is 1. The first-order chi connectivity index (χ1) is 15.2. The number of aromatic nitrogens is 7. The summed E-state index contributed by atoms with van der Waals surface area (Å²) in [6.45, 7) is 0. The van der Waals surface area contributed by atoms with Crippen molar-refractivity contribution in [3.05, 3.63) is 89.0 Å². The third-order valence-electron chi connectivity index (χ3n) is 4.51. The van der Waals surface area contributed by atoms with Gasteiger partial charge in [0.15, 0.2) is 5.65 Å². The molecule has 0 unspecified atom stereocenters. The van der Waals surface area contributed by atoms with E-state index in [1.165, 1.54) is 12.1 Å². The summed E-state index contributed by atoms with van der Waals surface area (Å²) in [4.78, 5) is 27.6. The van der Waals surface area contributed by atoms with Gasteiger partial charge in [-0.25, -0.2) is 5.10 Å². The number of aromatic amines is 1. The molecule has 0 spiro atoms. The van der Waals surface area contributed by atoms with E-state index in [2.05, 4.69) is 35.8 Å². The van der Waals surface area contributed by atoms with Crippen LogP contribution in [0.5, 0.6) is 0 Å². The third-order valence-corrected chi connectivity index (χ3v) is 4.51. The maximum absolute atomic E-state index is 12.2. The van der Waals surface area contributed by atoms with Gasteiger partial charge in [-0.1, -0.05) is 18.2 Å². The molecule has 0 aliphatic carbocycles. The number of carbonyl (C=O) groups is 1. The monoisotopic (exact) mass is 410 g/mol. The number of hydrogen-bond donors (Lipinski definition) is 2. The Labute approximate surface area is 174 Å². The molecule has 10 nitrogen and oxygen atoms in total. The van der Waals surface area contributed by atoms with Gasteiger partial charge in [0, 0.05) is 23.5 Å². The summed E-state index contributed by atoms with van der Waals surface area (Å²) in [5.74, 6) is 0.128. The van der Waals surface area contributed by atoms with Crippen molar-refractivity contribution in [3.8, 4) is 22.8 Å². The molecular formula is C21H14N8O2. The number of benzene rings is 1. The summed E-state index contributed by atoms with van der Waals surface area (Å²) in [6, 6.07) is 19.1. The van der Waals surface area contributed by atoms with Crippen LogP contribution in [-0.2, 0) is 0 Å². The lowest BCUT2D eigenvalue weighted by atomic mass is 10.1. The summed E-state index contributed by atoms with van der Waals surface area (Å²) >= 11 is 0. The molecule has 5 rings (SSSR count). The zero-order chi connectivity index (χ0) is 21.2. The van der Waals surface area contributed by atoms with Crippen LogP contribution in [0.3, 0.4) is 0 Å². The van der Waals surface area contributed by atoms with Crippen LogP contribution in [0.2, 0.25) is 0 Å². The lowest BCUT2D eigenvalue weighted by Crippen LogP contribution is -2.17.